The van der Waals surface area contributed by atoms with E-state index in [9.17, 15) is 9.59 Å². The normalized spacial score (nSPS) is 14.4. The number of hydrogen-bond acceptors (Lipinski definition) is 3. The van der Waals surface area contributed by atoms with Crippen LogP contribution in [0.4, 0.5) is 5.69 Å². The molecule has 2 heterocycles. The van der Waals surface area contributed by atoms with Crippen LogP contribution in [0.2, 0.25) is 0 Å². The molecule has 2 amide bonds. The molecule has 0 atom stereocenters. The first-order valence-electron chi connectivity index (χ1n) is 8.46. The third-order valence-corrected chi connectivity index (χ3v) is 4.35. The minimum Gasteiger partial charge on any atom is -0.352 e. The second-order valence-corrected chi connectivity index (χ2v) is 6.15. The van der Waals surface area contributed by atoms with Crippen molar-refractivity contribution in [3.63, 3.8) is 0 Å². The van der Waals surface area contributed by atoms with E-state index in [2.05, 4.69) is 10.3 Å². The predicted molar refractivity (Wildman–Crippen MR) is 94.3 cm³/mol. The molecule has 1 aromatic heterocycles. The van der Waals surface area contributed by atoms with Crippen LogP contribution in [0.5, 0.6) is 0 Å². The molecule has 6 nitrogen and oxygen atoms in total. The number of anilines is 1. The van der Waals surface area contributed by atoms with Crippen molar-refractivity contribution in [2.45, 2.75) is 25.7 Å². The molecule has 128 valence electrons. The second-order valence-electron chi connectivity index (χ2n) is 6.15. The molecule has 1 aliphatic rings. The van der Waals surface area contributed by atoms with Crippen LogP contribution >= 0.6 is 0 Å². The van der Waals surface area contributed by atoms with Gasteiger partial charge >= 0.3 is 0 Å². The fourth-order valence-electron chi connectivity index (χ4n) is 2.95. The van der Waals surface area contributed by atoms with Crippen LogP contribution in [0.1, 0.15) is 52.1 Å². The van der Waals surface area contributed by atoms with E-state index in [1.54, 1.807) is 24.3 Å². The molecule has 3 rings (SSSR count). The smallest absolute Gasteiger partial charge is 0.257 e. The van der Waals surface area contributed by atoms with E-state index in [1.165, 1.54) is 25.1 Å². The van der Waals surface area contributed by atoms with Crippen LogP contribution in [0.3, 0.4) is 0 Å². The quantitative estimate of drug-likeness (QED) is 0.902. The summed E-state index contributed by atoms with van der Waals surface area (Å²) in [7, 11) is 0. The summed E-state index contributed by atoms with van der Waals surface area (Å²) in [5, 5.41) is 11.5. The number of hydrogen-bond donors (Lipinski definition) is 2. The van der Waals surface area contributed by atoms with Gasteiger partial charge in [-0.15, -0.1) is 0 Å². The monoisotopic (exact) mass is 336 g/mol. The molecular weight excluding hydrogens is 316 g/mol. The zero-order valence-corrected chi connectivity index (χ0v) is 13.9. The van der Waals surface area contributed by atoms with E-state index in [-0.39, 0.29) is 11.8 Å². The Morgan fingerprint density at radius 2 is 1.72 bits per heavy atom. The van der Waals surface area contributed by atoms with Crippen molar-refractivity contribution in [2.75, 3.05) is 18.4 Å². The number of likely N-dealkylation sites (tertiary alicyclic amines) is 1. The third-order valence-electron chi connectivity index (χ3n) is 4.35. The zero-order valence-electron chi connectivity index (χ0n) is 13.9. The van der Waals surface area contributed by atoms with Gasteiger partial charge in [-0.25, -0.2) is 0 Å². The Hall–Kier alpha value is -3.07. The summed E-state index contributed by atoms with van der Waals surface area (Å²) < 4.78 is 0. The maximum absolute atomic E-state index is 12.5. The summed E-state index contributed by atoms with van der Waals surface area (Å²) >= 11 is 0. The number of nitriles is 1. The number of nitrogens with one attached hydrogen (secondary N) is 2. The molecule has 0 radical (unpaired) electrons. The first-order valence-corrected chi connectivity index (χ1v) is 8.46. The van der Waals surface area contributed by atoms with E-state index in [0.29, 0.717) is 22.5 Å². The molecular formula is C19H20N4O2. The first-order chi connectivity index (χ1) is 12.2. The highest BCUT2D eigenvalue weighted by Gasteiger charge is 2.17. The van der Waals surface area contributed by atoms with E-state index < -0.39 is 0 Å². The number of aromatic amines is 1. The Bertz CT molecular complexity index is 794. The maximum atomic E-state index is 12.5. The van der Waals surface area contributed by atoms with Crippen LogP contribution in [-0.4, -0.2) is 34.8 Å². The van der Waals surface area contributed by atoms with Crippen molar-refractivity contribution in [2.24, 2.45) is 0 Å². The summed E-state index contributed by atoms with van der Waals surface area (Å²) in [6.07, 6.45) is 5.97. The summed E-state index contributed by atoms with van der Waals surface area (Å²) in [5.74, 6) is -0.256. The summed E-state index contributed by atoms with van der Waals surface area (Å²) in [4.78, 5) is 29.3. The van der Waals surface area contributed by atoms with E-state index >= 15 is 0 Å². The number of carbonyl (C=O) groups is 2. The van der Waals surface area contributed by atoms with Gasteiger partial charge in [-0.2, -0.15) is 5.26 Å². The van der Waals surface area contributed by atoms with Gasteiger partial charge in [-0.05, 0) is 43.2 Å². The summed E-state index contributed by atoms with van der Waals surface area (Å²) in [6, 6.07) is 10.4. The fourth-order valence-corrected chi connectivity index (χ4v) is 2.95. The molecule has 0 unspecified atom stereocenters. The van der Waals surface area contributed by atoms with Crippen molar-refractivity contribution >= 4 is 17.5 Å². The molecule has 25 heavy (non-hydrogen) atoms. The van der Waals surface area contributed by atoms with Gasteiger partial charge in [0, 0.05) is 30.5 Å². The van der Waals surface area contributed by atoms with Gasteiger partial charge in [0.15, 0.2) is 0 Å². The van der Waals surface area contributed by atoms with Crippen LogP contribution in [0, 0.1) is 11.3 Å². The van der Waals surface area contributed by atoms with Crippen molar-refractivity contribution in [1.29, 1.82) is 5.26 Å². The van der Waals surface area contributed by atoms with Crippen molar-refractivity contribution in [3.8, 4) is 6.07 Å². The Labute approximate surface area is 146 Å². The fraction of sp³-hybridized carbons (Fsp3) is 0.316. The topological polar surface area (TPSA) is 89.0 Å². The average Bonchev–Trinajstić information content (AvgIpc) is 2.96. The highest BCUT2D eigenvalue weighted by atomic mass is 16.2. The van der Waals surface area contributed by atoms with Gasteiger partial charge in [0.05, 0.1) is 5.56 Å². The average molecular weight is 336 g/mol. The second kappa shape index (κ2) is 7.67. The van der Waals surface area contributed by atoms with Crippen molar-refractivity contribution in [1.82, 2.24) is 9.88 Å². The molecule has 1 saturated heterocycles. The predicted octanol–water partition coefficient (Wildman–Crippen LogP) is 3.15. The molecule has 2 aromatic rings. The number of H-pyrrole nitrogens is 1. The minimum atomic E-state index is -0.302. The van der Waals surface area contributed by atoms with Crippen LogP contribution in [0.15, 0.2) is 36.5 Å². The maximum Gasteiger partial charge on any atom is 0.257 e. The number of rotatable bonds is 3. The Balaban J connectivity index is 1.64. The SMILES string of the molecule is N#Cc1cc(C(=O)Nc2ccc(C(=O)N3CCCCCC3)cc2)c[nH]1. The van der Waals surface area contributed by atoms with E-state index in [1.807, 2.05) is 11.0 Å². The Kier molecular flexibility index (Phi) is 5.14. The molecule has 1 fully saturated rings. The van der Waals surface area contributed by atoms with Crippen LogP contribution in [-0.2, 0) is 0 Å². The molecule has 0 bridgehead atoms. The lowest BCUT2D eigenvalue weighted by Gasteiger charge is -2.20. The van der Waals surface area contributed by atoms with E-state index in [4.69, 9.17) is 5.26 Å². The van der Waals surface area contributed by atoms with Gasteiger partial charge in [-0.1, -0.05) is 12.8 Å². The number of amides is 2. The van der Waals surface area contributed by atoms with Gasteiger partial charge in [-0.3, -0.25) is 9.59 Å². The molecule has 2 N–H and O–H groups in total. The van der Waals surface area contributed by atoms with E-state index in [0.717, 1.165) is 25.9 Å². The van der Waals surface area contributed by atoms with Crippen LogP contribution < -0.4 is 5.32 Å². The molecule has 6 heteroatoms. The lowest BCUT2D eigenvalue weighted by atomic mass is 10.1. The molecule has 1 aromatic carbocycles. The zero-order chi connectivity index (χ0) is 17.6. The largest absolute Gasteiger partial charge is 0.352 e. The summed E-state index contributed by atoms with van der Waals surface area (Å²) in [6.45, 7) is 1.62. The van der Waals surface area contributed by atoms with Gasteiger partial charge < -0.3 is 15.2 Å². The van der Waals surface area contributed by atoms with Crippen molar-refractivity contribution < 1.29 is 9.59 Å². The van der Waals surface area contributed by atoms with Gasteiger partial charge in [0.1, 0.15) is 11.8 Å². The standard InChI is InChI=1S/C19H20N4O2/c20-12-17-11-15(13-21-17)18(24)22-16-7-5-14(6-8-16)19(25)23-9-3-1-2-4-10-23/h5-8,11,13,21H,1-4,9-10H2,(H,22,24). The highest BCUT2D eigenvalue weighted by molar-refractivity contribution is 6.04. The molecule has 0 saturated carbocycles. The highest BCUT2D eigenvalue weighted by Crippen LogP contribution is 2.16. The van der Waals surface area contributed by atoms with Gasteiger partial charge in [0.2, 0.25) is 0 Å². The number of carbonyl (C=O) groups excluding carboxylic acids is 2. The van der Waals surface area contributed by atoms with Gasteiger partial charge in [0.25, 0.3) is 11.8 Å². The number of aromatic nitrogens is 1. The minimum absolute atomic E-state index is 0.0454. The first kappa shape index (κ1) is 16.8. The lowest BCUT2D eigenvalue weighted by Crippen LogP contribution is -2.31. The Morgan fingerprint density at radius 1 is 1.04 bits per heavy atom. The lowest BCUT2D eigenvalue weighted by molar-refractivity contribution is 0.0761. The van der Waals surface area contributed by atoms with Crippen LogP contribution in [0.25, 0.3) is 0 Å². The third kappa shape index (κ3) is 4.07. The molecule has 1 aliphatic heterocycles. The summed E-state index contributed by atoms with van der Waals surface area (Å²) in [5.41, 5.74) is 1.97. The Morgan fingerprint density at radius 3 is 2.32 bits per heavy atom. The number of nitrogens with zero attached hydrogens (tertiary/aromatic N) is 2. The molecule has 0 spiro atoms. The number of benzene rings is 1. The molecule has 0 aliphatic carbocycles. The van der Waals surface area contributed by atoms with Crippen molar-refractivity contribution in [3.05, 3.63) is 53.3 Å².